The minimum absolute atomic E-state index is 0.167. The van der Waals surface area contributed by atoms with Crippen LogP contribution in [-0.2, 0) is 6.54 Å². The fourth-order valence-electron chi connectivity index (χ4n) is 1.87. The second kappa shape index (κ2) is 6.63. The van der Waals surface area contributed by atoms with Gasteiger partial charge >= 0.3 is 0 Å². The maximum absolute atomic E-state index is 13.2. The molecule has 1 amide bonds. The van der Waals surface area contributed by atoms with Crippen LogP contribution >= 0.6 is 11.6 Å². The molecule has 0 bridgehead atoms. The van der Waals surface area contributed by atoms with Gasteiger partial charge in [0.1, 0.15) is 10.8 Å². The van der Waals surface area contributed by atoms with Crippen LogP contribution in [-0.4, -0.2) is 22.3 Å². The number of pyridine rings is 1. The van der Waals surface area contributed by atoms with Crippen LogP contribution in [0.3, 0.4) is 0 Å². The monoisotopic (exact) mass is 310 g/mol. The van der Waals surface area contributed by atoms with Gasteiger partial charge in [-0.15, -0.1) is 0 Å². The highest BCUT2D eigenvalue weighted by molar-refractivity contribution is 6.29. The van der Waals surface area contributed by atoms with Crippen molar-refractivity contribution in [1.82, 2.24) is 9.88 Å². The Bertz CT molecular complexity index is 664. The fourth-order valence-corrected chi connectivity index (χ4v) is 2.04. The summed E-state index contributed by atoms with van der Waals surface area (Å²) in [4.78, 5) is 17.8. The van der Waals surface area contributed by atoms with E-state index in [0.29, 0.717) is 12.1 Å². The molecule has 0 saturated carbocycles. The van der Waals surface area contributed by atoms with E-state index >= 15 is 0 Å². The predicted molar refractivity (Wildman–Crippen MR) is 76.0 cm³/mol. The van der Waals surface area contributed by atoms with Crippen molar-refractivity contribution in [3.05, 3.63) is 64.4 Å². The van der Waals surface area contributed by atoms with Crippen LogP contribution in [0.2, 0.25) is 5.15 Å². The average Bonchev–Trinajstić information content (AvgIpc) is 2.47. The van der Waals surface area contributed by atoms with Gasteiger partial charge in [0.25, 0.3) is 5.91 Å². The third-order valence-electron chi connectivity index (χ3n) is 2.96. The van der Waals surface area contributed by atoms with Crippen LogP contribution in [0.15, 0.2) is 36.4 Å². The van der Waals surface area contributed by atoms with Crippen molar-refractivity contribution in [2.24, 2.45) is 0 Å². The molecule has 110 valence electrons. The summed E-state index contributed by atoms with van der Waals surface area (Å²) in [5, 5.41) is 0.227. The van der Waals surface area contributed by atoms with Gasteiger partial charge in [-0.2, -0.15) is 0 Å². The predicted octanol–water partition coefficient (Wildman–Crippen LogP) is 3.68. The van der Waals surface area contributed by atoms with Crippen molar-refractivity contribution in [2.75, 3.05) is 6.54 Å². The third-order valence-corrected chi connectivity index (χ3v) is 3.17. The number of halogens is 3. The summed E-state index contributed by atoms with van der Waals surface area (Å²) < 4.78 is 26.1. The van der Waals surface area contributed by atoms with Gasteiger partial charge in [0, 0.05) is 13.1 Å². The molecule has 0 N–H and O–H groups in total. The van der Waals surface area contributed by atoms with Gasteiger partial charge in [0.2, 0.25) is 0 Å². The topological polar surface area (TPSA) is 33.2 Å². The number of amides is 1. The third kappa shape index (κ3) is 3.76. The highest BCUT2D eigenvalue weighted by Gasteiger charge is 2.16. The Morgan fingerprint density at radius 1 is 1.24 bits per heavy atom. The summed E-state index contributed by atoms with van der Waals surface area (Å²) in [6, 6.07) is 8.33. The number of hydrogen-bond donors (Lipinski definition) is 0. The number of carbonyl (C=O) groups excluding carboxylic acids is 1. The molecule has 0 spiro atoms. The zero-order valence-electron chi connectivity index (χ0n) is 11.3. The largest absolute Gasteiger partial charge is 0.333 e. The Morgan fingerprint density at radius 2 is 2.00 bits per heavy atom. The Morgan fingerprint density at radius 3 is 2.62 bits per heavy atom. The summed E-state index contributed by atoms with van der Waals surface area (Å²) in [6.07, 6.45) is 0. The standard InChI is InChI=1S/C15H13ClF2N2O/c1-2-20(9-10-6-7-11(17)12(18)8-10)15(21)13-4-3-5-14(16)19-13/h3-8H,2,9H2,1H3. The van der Waals surface area contributed by atoms with Gasteiger partial charge in [0.05, 0.1) is 0 Å². The molecule has 2 rings (SSSR count). The second-order valence-corrected chi connectivity index (χ2v) is 4.80. The molecule has 1 aromatic carbocycles. The van der Waals surface area contributed by atoms with E-state index in [2.05, 4.69) is 4.98 Å². The van der Waals surface area contributed by atoms with Gasteiger partial charge in [0.15, 0.2) is 11.6 Å². The van der Waals surface area contributed by atoms with Crippen molar-refractivity contribution in [2.45, 2.75) is 13.5 Å². The van der Waals surface area contributed by atoms with E-state index in [0.717, 1.165) is 12.1 Å². The second-order valence-electron chi connectivity index (χ2n) is 4.41. The normalized spacial score (nSPS) is 10.5. The van der Waals surface area contributed by atoms with E-state index < -0.39 is 11.6 Å². The molecule has 1 aromatic heterocycles. The first-order valence-electron chi connectivity index (χ1n) is 6.37. The van der Waals surface area contributed by atoms with Gasteiger partial charge in [-0.05, 0) is 36.8 Å². The van der Waals surface area contributed by atoms with Gasteiger partial charge < -0.3 is 4.90 Å². The van der Waals surface area contributed by atoms with Gasteiger partial charge in [-0.1, -0.05) is 23.7 Å². The average molecular weight is 311 g/mol. The molecule has 0 saturated heterocycles. The quantitative estimate of drug-likeness (QED) is 0.807. The minimum Gasteiger partial charge on any atom is -0.333 e. The molecule has 0 radical (unpaired) electrons. The lowest BCUT2D eigenvalue weighted by molar-refractivity contribution is 0.0746. The first kappa shape index (κ1) is 15.4. The molecule has 1 heterocycles. The van der Waals surface area contributed by atoms with Gasteiger partial charge in [-0.3, -0.25) is 4.79 Å². The molecule has 6 heteroatoms. The lowest BCUT2D eigenvalue weighted by Crippen LogP contribution is -2.31. The van der Waals surface area contributed by atoms with E-state index in [1.54, 1.807) is 25.1 Å². The number of benzene rings is 1. The van der Waals surface area contributed by atoms with Crippen LogP contribution in [0, 0.1) is 11.6 Å². The number of carbonyl (C=O) groups is 1. The number of rotatable bonds is 4. The minimum atomic E-state index is -0.933. The van der Waals surface area contributed by atoms with Crippen molar-refractivity contribution in [1.29, 1.82) is 0 Å². The van der Waals surface area contributed by atoms with Crippen molar-refractivity contribution < 1.29 is 13.6 Å². The van der Waals surface area contributed by atoms with Crippen LogP contribution in [0.5, 0.6) is 0 Å². The van der Waals surface area contributed by atoms with E-state index in [-0.39, 0.29) is 23.3 Å². The van der Waals surface area contributed by atoms with Crippen LogP contribution in [0.1, 0.15) is 23.0 Å². The maximum Gasteiger partial charge on any atom is 0.272 e. The SMILES string of the molecule is CCN(Cc1ccc(F)c(F)c1)C(=O)c1cccc(Cl)n1. The zero-order valence-corrected chi connectivity index (χ0v) is 12.1. The van der Waals surface area contributed by atoms with Crippen molar-refractivity contribution in [3.8, 4) is 0 Å². The van der Waals surface area contributed by atoms with Gasteiger partial charge in [-0.25, -0.2) is 13.8 Å². The first-order chi connectivity index (χ1) is 10.0. The molecule has 3 nitrogen and oxygen atoms in total. The molecule has 0 atom stereocenters. The molecule has 0 fully saturated rings. The highest BCUT2D eigenvalue weighted by Crippen LogP contribution is 2.13. The number of nitrogens with zero attached hydrogens (tertiary/aromatic N) is 2. The molecule has 0 aliphatic rings. The number of aromatic nitrogens is 1. The molecular weight excluding hydrogens is 298 g/mol. The molecular formula is C15H13ClF2N2O. The zero-order chi connectivity index (χ0) is 15.4. The summed E-state index contributed by atoms with van der Waals surface area (Å²) >= 11 is 5.76. The van der Waals surface area contributed by atoms with Crippen LogP contribution < -0.4 is 0 Å². The molecule has 2 aromatic rings. The highest BCUT2D eigenvalue weighted by atomic mass is 35.5. The Hall–Kier alpha value is -2.01. The Labute approximate surface area is 126 Å². The lowest BCUT2D eigenvalue weighted by Gasteiger charge is -2.20. The van der Waals surface area contributed by atoms with E-state index in [9.17, 15) is 13.6 Å². The summed E-state index contributed by atoms with van der Waals surface area (Å²) in [6.45, 7) is 2.37. The first-order valence-corrected chi connectivity index (χ1v) is 6.75. The molecule has 0 unspecified atom stereocenters. The Balaban J connectivity index is 2.19. The number of hydrogen-bond acceptors (Lipinski definition) is 2. The van der Waals surface area contributed by atoms with E-state index in [4.69, 9.17) is 11.6 Å². The summed E-state index contributed by atoms with van der Waals surface area (Å²) in [5.41, 5.74) is 0.720. The summed E-state index contributed by atoms with van der Waals surface area (Å²) in [7, 11) is 0. The lowest BCUT2D eigenvalue weighted by atomic mass is 10.2. The van der Waals surface area contributed by atoms with Crippen LogP contribution in [0.4, 0.5) is 8.78 Å². The van der Waals surface area contributed by atoms with E-state index in [1.807, 2.05) is 0 Å². The molecule has 0 aliphatic heterocycles. The van der Waals surface area contributed by atoms with E-state index in [1.165, 1.54) is 11.0 Å². The fraction of sp³-hybridized carbons (Fsp3) is 0.200. The van der Waals surface area contributed by atoms with Crippen molar-refractivity contribution >= 4 is 17.5 Å². The maximum atomic E-state index is 13.2. The summed E-state index contributed by atoms with van der Waals surface area (Å²) in [5.74, 6) is -2.16. The smallest absolute Gasteiger partial charge is 0.272 e. The van der Waals surface area contributed by atoms with Crippen LogP contribution in [0.25, 0.3) is 0 Å². The Kier molecular flexibility index (Phi) is 4.85. The van der Waals surface area contributed by atoms with Crippen molar-refractivity contribution in [3.63, 3.8) is 0 Å². The molecule has 0 aliphatic carbocycles. The molecule has 21 heavy (non-hydrogen) atoms.